The van der Waals surface area contributed by atoms with Crippen molar-refractivity contribution in [2.75, 3.05) is 6.61 Å². The molecule has 0 radical (unpaired) electrons. The SMILES string of the molecule is CC(C)(C)C(OCCCC=O)C(=O)O. The van der Waals surface area contributed by atoms with Gasteiger partial charge in [-0.15, -0.1) is 0 Å². The van der Waals surface area contributed by atoms with Crippen LogP contribution in [0.2, 0.25) is 0 Å². The molecule has 1 unspecified atom stereocenters. The molecule has 14 heavy (non-hydrogen) atoms. The molecule has 0 aliphatic rings. The largest absolute Gasteiger partial charge is 0.479 e. The number of carbonyl (C=O) groups is 2. The van der Waals surface area contributed by atoms with E-state index in [1.165, 1.54) is 0 Å². The van der Waals surface area contributed by atoms with Gasteiger partial charge in [0.2, 0.25) is 0 Å². The van der Waals surface area contributed by atoms with Crippen molar-refractivity contribution >= 4 is 12.3 Å². The van der Waals surface area contributed by atoms with Crippen molar-refractivity contribution in [1.82, 2.24) is 0 Å². The van der Waals surface area contributed by atoms with E-state index < -0.39 is 17.5 Å². The van der Waals surface area contributed by atoms with Crippen molar-refractivity contribution in [1.29, 1.82) is 0 Å². The van der Waals surface area contributed by atoms with Crippen LogP contribution in [-0.2, 0) is 14.3 Å². The lowest BCUT2D eigenvalue weighted by atomic mass is 9.89. The average Bonchev–Trinajstić information content (AvgIpc) is 2.01. The van der Waals surface area contributed by atoms with E-state index in [1.807, 2.05) is 20.8 Å². The molecule has 0 amide bonds. The van der Waals surface area contributed by atoms with Crippen LogP contribution in [0.5, 0.6) is 0 Å². The van der Waals surface area contributed by atoms with Crippen LogP contribution in [0.1, 0.15) is 33.6 Å². The van der Waals surface area contributed by atoms with Gasteiger partial charge in [-0.05, 0) is 11.8 Å². The van der Waals surface area contributed by atoms with Gasteiger partial charge in [0.1, 0.15) is 6.29 Å². The first-order chi connectivity index (χ1) is 6.39. The standard InChI is InChI=1S/C10H18O4/c1-10(2,3)8(9(12)13)14-7-5-4-6-11/h6,8H,4-5,7H2,1-3H3,(H,12,13). The Hall–Kier alpha value is -0.900. The molecule has 82 valence electrons. The van der Waals surface area contributed by atoms with E-state index in [-0.39, 0.29) is 0 Å². The predicted octanol–water partition coefficient (Wildman–Crippen LogP) is 1.48. The van der Waals surface area contributed by atoms with Gasteiger partial charge in [0.05, 0.1) is 0 Å². The first-order valence-electron chi connectivity index (χ1n) is 4.67. The Morgan fingerprint density at radius 1 is 1.50 bits per heavy atom. The number of carboxylic acid groups (broad SMARTS) is 1. The molecule has 0 aromatic carbocycles. The third-order valence-electron chi connectivity index (χ3n) is 1.76. The van der Waals surface area contributed by atoms with Gasteiger partial charge in [0.15, 0.2) is 6.10 Å². The number of carboxylic acids is 1. The van der Waals surface area contributed by atoms with Crippen molar-refractivity contribution in [2.45, 2.75) is 39.7 Å². The average molecular weight is 202 g/mol. The van der Waals surface area contributed by atoms with Gasteiger partial charge < -0.3 is 14.6 Å². The first kappa shape index (κ1) is 13.1. The summed E-state index contributed by atoms with van der Waals surface area (Å²) < 4.78 is 5.21. The molecular weight excluding hydrogens is 184 g/mol. The zero-order valence-corrected chi connectivity index (χ0v) is 8.95. The lowest BCUT2D eigenvalue weighted by molar-refractivity contribution is -0.158. The quantitative estimate of drug-likeness (QED) is 0.523. The molecule has 0 saturated heterocycles. The Morgan fingerprint density at radius 2 is 2.07 bits per heavy atom. The van der Waals surface area contributed by atoms with E-state index in [2.05, 4.69) is 0 Å². The number of hydrogen-bond acceptors (Lipinski definition) is 3. The Balaban J connectivity index is 3.99. The molecule has 0 heterocycles. The summed E-state index contributed by atoms with van der Waals surface area (Å²) in [6, 6.07) is 0. The fraction of sp³-hybridized carbons (Fsp3) is 0.800. The van der Waals surface area contributed by atoms with E-state index in [4.69, 9.17) is 9.84 Å². The molecule has 1 atom stereocenters. The zero-order chi connectivity index (χ0) is 11.2. The molecule has 0 aromatic rings. The van der Waals surface area contributed by atoms with Crippen LogP contribution >= 0.6 is 0 Å². The van der Waals surface area contributed by atoms with Crippen LogP contribution < -0.4 is 0 Å². The summed E-state index contributed by atoms with van der Waals surface area (Å²) in [5.74, 6) is -0.955. The second-order valence-electron chi connectivity index (χ2n) is 4.26. The number of aldehydes is 1. The predicted molar refractivity (Wildman–Crippen MR) is 52.1 cm³/mol. The minimum atomic E-state index is -0.955. The molecule has 0 rings (SSSR count). The monoisotopic (exact) mass is 202 g/mol. The first-order valence-corrected chi connectivity index (χ1v) is 4.67. The second kappa shape index (κ2) is 5.75. The highest BCUT2D eigenvalue weighted by molar-refractivity contribution is 5.73. The fourth-order valence-electron chi connectivity index (χ4n) is 1.06. The summed E-state index contributed by atoms with van der Waals surface area (Å²) >= 11 is 0. The molecule has 0 bridgehead atoms. The topological polar surface area (TPSA) is 63.6 Å². The third-order valence-corrected chi connectivity index (χ3v) is 1.76. The summed E-state index contributed by atoms with van der Waals surface area (Å²) in [6.45, 7) is 5.75. The number of aliphatic carboxylic acids is 1. The van der Waals surface area contributed by atoms with Gasteiger partial charge in [-0.1, -0.05) is 20.8 Å². The number of ether oxygens (including phenoxy) is 1. The molecular formula is C10H18O4. The van der Waals surface area contributed by atoms with Crippen LogP contribution in [-0.4, -0.2) is 30.1 Å². The van der Waals surface area contributed by atoms with Crippen LogP contribution in [0.4, 0.5) is 0 Å². The van der Waals surface area contributed by atoms with Crippen LogP contribution in [0.3, 0.4) is 0 Å². The Bertz CT molecular complexity index is 193. The molecule has 0 saturated carbocycles. The van der Waals surface area contributed by atoms with E-state index in [9.17, 15) is 9.59 Å². The van der Waals surface area contributed by atoms with Crippen LogP contribution in [0.15, 0.2) is 0 Å². The highest BCUT2D eigenvalue weighted by Gasteiger charge is 2.31. The van der Waals surface area contributed by atoms with Gasteiger partial charge in [-0.2, -0.15) is 0 Å². The third kappa shape index (κ3) is 4.97. The molecule has 4 nitrogen and oxygen atoms in total. The highest BCUT2D eigenvalue weighted by Crippen LogP contribution is 2.22. The number of carbonyl (C=O) groups excluding carboxylic acids is 1. The molecule has 0 aromatic heterocycles. The van der Waals surface area contributed by atoms with Crippen molar-refractivity contribution in [2.24, 2.45) is 5.41 Å². The number of rotatable bonds is 6. The summed E-state index contributed by atoms with van der Waals surface area (Å²) in [6.07, 6.45) is 0.977. The normalized spacial score (nSPS) is 13.6. The van der Waals surface area contributed by atoms with Crippen LogP contribution in [0, 0.1) is 5.41 Å². The van der Waals surface area contributed by atoms with E-state index in [0.717, 1.165) is 6.29 Å². The van der Waals surface area contributed by atoms with Crippen molar-refractivity contribution in [3.8, 4) is 0 Å². The molecule has 1 N–H and O–H groups in total. The summed E-state index contributed by atoms with van der Waals surface area (Å²) in [5, 5.41) is 8.87. The molecule has 0 aliphatic carbocycles. The maximum atomic E-state index is 10.8. The summed E-state index contributed by atoms with van der Waals surface area (Å²) in [7, 11) is 0. The smallest absolute Gasteiger partial charge is 0.333 e. The van der Waals surface area contributed by atoms with Crippen molar-refractivity contribution in [3.63, 3.8) is 0 Å². The Labute approximate surface area is 84.3 Å². The van der Waals surface area contributed by atoms with E-state index in [0.29, 0.717) is 19.4 Å². The zero-order valence-electron chi connectivity index (χ0n) is 8.95. The van der Waals surface area contributed by atoms with Crippen molar-refractivity contribution in [3.05, 3.63) is 0 Å². The lowest BCUT2D eigenvalue weighted by Gasteiger charge is -2.26. The minimum Gasteiger partial charge on any atom is -0.479 e. The Morgan fingerprint density at radius 3 is 2.43 bits per heavy atom. The molecule has 0 aliphatic heterocycles. The number of hydrogen-bond donors (Lipinski definition) is 1. The summed E-state index contributed by atoms with van der Waals surface area (Å²) in [4.78, 5) is 20.8. The van der Waals surface area contributed by atoms with Gasteiger partial charge in [0.25, 0.3) is 0 Å². The molecule has 0 fully saturated rings. The van der Waals surface area contributed by atoms with Gasteiger partial charge in [-0.25, -0.2) is 4.79 Å². The minimum absolute atomic E-state index is 0.312. The van der Waals surface area contributed by atoms with Gasteiger partial charge >= 0.3 is 5.97 Å². The fourth-order valence-corrected chi connectivity index (χ4v) is 1.06. The maximum absolute atomic E-state index is 10.8. The Kier molecular flexibility index (Phi) is 5.38. The highest BCUT2D eigenvalue weighted by atomic mass is 16.5. The molecule has 0 spiro atoms. The van der Waals surface area contributed by atoms with Crippen LogP contribution in [0.25, 0.3) is 0 Å². The van der Waals surface area contributed by atoms with E-state index >= 15 is 0 Å². The number of unbranched alkanes of at least 4 members (excludes halogenated alkanes) is 1. The summed E-state index contributed by atoms with van der Waals surface area (Å²) in [5.41, 5.74) is -0.424. The maximum Gasteiger partial charge on any atom is 0.333 e. The van der Waals surface area contributed by atoms with E-state index in [1.54, 1.807) is 0 Å². The second-order valence-corrected chi connectivity index (χ2v) is 4.26. The van der Waals surface area contributed by atoms with Gasteiger partial charge in [0, 0.05) is 13.0 Å². The molecule has 4 heteroatoms. The van der Waals surface area contributed by atoms with Gasteiger partial charge in [-0.3, -0.25) is 0 Å². The lowest BCUT2D eigenvalue weighted by Crippen LogP contribution is -2.37. The van der Waals surface area contributed by atoms with Crippen molar-refractivity contribution < 1.29 is 19.4 Å².